The van der Waals surface area contributed by atoms with Crippen LogP contribution in [0.3, 0.4) is 0 Å². The van der Waals surface area contributed by atoms with Gasteiger partial charge in [0.2, 0.25) is 0 Å². The van der Waals surface area contributed by atoms with Gasteiger partial charge in [-0.05, 0) is 66.3 Å². The Balaban J connectivity index is 1.36. The van der Waals surface area contributed by atoms with Gasteiger partial charge in [0.15, 0.2) is 0 Å². The largest absolute Gasteiger partial charge is 0.495 e. The van der Waals surface area contributed by atoms with Gasteiger partial charge in [-0.15, -0.1) is 0 Å². The van der Waals surface area contributed by atoms with Gasteiger partial charge in [-0.3, -0.25) is 9.59 Å². The lowest BCUT2D eigenvalue weighted by Crippen LogP contribution is -2.47. The minimum atomic E-state index is -0.182. The van der Waals surface area contributed by atoms with Crippen molar-refractivity contribution in [1.29, 1.82) is 0 Å². The number of amides is 2. The molecule has 0 unspecified atom stereocenters. The number of rotatable bonds is 6. The molecule has 0 bridgehead atoms. The third kappa shape index (κ3) is 5.93. The predicted molar refractivity (Wildman–Crippen MR) is 162 cm³/mol. The van der Waals surface area contributed by atoms with Crippen molar-refractivity contribution in [3.05, 3.63) is 83.4 Å². The van der Waals surface area contributed by atoms with Gasteiger partial charge in [-0.2, -0.15) is 0 Å². The van der Waals surface area contributed by atoms with E-state index in [1.54, 1.807) is 7.11 Å². The molecule has 2 heterocycles. The van der Waals surface area contributed by atoms with Crippen molar-refractivity contribution in [3.8, 4) is 5.75 Å². The lowest BCUT2D eigenvalue weighted by atomic mass is 9.87. The summed E-state index contributed by atoms with van der Waals surface area (Å²) in [5, 5.41) is 3.02. The molecule has 0 saturated carbocycles. The highest BCUT2D eigenvalue weighted by Gasteiger charge is 2.27. The number of carbonyl (C=O) groups is 2. The Morgan fingerprint density at radius 1 is 0.775 bits per heavy atom. The maximum atomic E-state index is 13.7. The zero-order valence-electron chi connectivity index (χ0n) is 24.1. The van der Waals surface area contributed by atoms with Crippen LogP contribution in [0.2, 0.25) is 0 Å². The summed E-state index contributed by atoms with van der Waals surface area (Å²) in [7, 11) is 1.70. The Morgan fingerprint density at radius 2 is 1.40 bits per heavy atom. The highest BCUT2D eigenvalue weighted by atomic mass is 16.5. The first-order valence-corrected chi connectivity index (χ1v) is 14.2. The second-order valence-electron chi connectivity index (χ2n) is 11.7. The third-order valence-electron chi connectivity index (χ3n) is 7.94. The Labute approximate surface area is 237 Å². The fraction of sp³-hybridized carbons (Fsp3) is 0.394. The minimum Gasteiger partial charge on any atom is -0.495 e. The molecule has 7 nitrogen and oxygen atoms in total. The summed E-state index contributed by atoms with van der Waals surface area (Å²) in [4.78, 5) is 33.3. The summed E-state index contributed by atoms with van der Waals surface area (Å²) < 4.78 is 5.57. The second-order valence-corrected chi connectivity index (χ2v) is 11.7. The number of para-hydroxylation sites is 2. The van der Waals surface area contributed by atoms with Crippen LogP contribution in [0.25, 0.3) is 0 Å². The third-order valence-corrected chi connectivity index (χ3v) is 7.94. The van der Waals surface area contributed by atoms with Gasteiger partial charge in [0.05, 0.1) is 18.4 Å². The molecule has 2 saturated heterocycles. The van der Waals surface area contributed by atoms with Crippen LogP contribution in [0, 0.1) is 0 Å². The van der Waals surface area contributed by atoms with Crippen LogP contribution in [0.1, 0.15) is 59.9 Å². The van der Waals surface area contributed by atoms with Crippen LogP contribution >= 0.6 is 0 Å². The topological polar surface area (TPSA) is 65.1 Å². The summed E-state index contributed by atoms with van der Waals surface area (Å²) in [6.45, 7) is 11.2. The number of likely N-dealkylation sites (tertiary alicyclic amines) is 1. The van der Waals surface area contributed by atoms with E-state index in [-0.39, 0.29) is 17.2 Å². The summed E-state index contributed by atoms with van der Waals surface area (Å²) in [6.07, 6.45) is 2.05. The SMILES string of the molecule is COc1ccccc1N1CCN(c2ccc(NC(=O)c3ccc(C(C)(C)C)cc3)cc2C(=O)N2CCCC2)CC1. The lowest BCUT2D eigenvalue weighted by molar-refractivity contribution is 0.0793. The Morgan fingerprint density at radius 3 is 2.02 bits per heavy atom. The molecule has 2 aliphatic heterocycles. The van der Waals surface area contributed by atoms with Gasteiger partial charge in [0, 0.05) is 56.2 Å². The smallest absolute Gasteiger partial charge is 0.256 e. The zero-order valence-corrected chi connectivity index (χ0v) is 24.1. The van der Waals surface area contributed by atoms with Crippen LogP contribution in [0.4, 0.5) is 17.1 Å². The molecule has 0 radical (unpaired) electrons. The molecule has 1 N–H and O–H groups in total. The van der Waals surface area contributed by atoms with Crippen molar-refractivity contribution in [2.24, 2.45) is 0 Å². The van der Waals surface area contributed by atoms with Gasteiger partial charge in [-0.25, -0.2) is 0 Å². The van der Waals surface area contributed by atoms with E-state index in [1.165, 1.54) is 5.56 Å². The number of methoxy groups -OCH3 is 1. The number of ether oxygens (including phenoxy) is 1. The Bertz CT molecular complexity index is 1350. The van der Waals surface area contributed by atoms with Gasteiger partial charge >= 0.3 is 0 Å². The van der Waals surface area contributed by atoms with Crippen molar-refractivity contribution in [1.82, 2.24) is 4.90 Å². The molecular formula is C33H40N4O3. The molecule has 40 heavy (non-hydrogen) atoms. The van der Waals surface area contributed by atoms with E-state index in [1.807, 2.05) is 65.6 Å². The highest BCUT2D eigenvalue weighted by Crippen LogP contribution is 2.32. The molecular weight excluding hydrogens is 500 g/mol. The standard InChI is InChI=1S/C33H40N4O3/c1-33(2,3)25-13-11-24(12-14-25)31(38)34-26-15-16-28(27(23-26)32(39)37-17-7-8-18-37)35-19-21-36(22-20-35)29-9-5-6-10-30(29)40-4/h5-6,9-16,23H,7-8,17-22H2,1-4H3,(H,34,38). The number of piperazine rings is 1. The van der Waals surface area contributed by atoms with Crippen molar-refractivity contribution in [2.75, 3.05) is 61.5 Å². The minimum absolute atomic E-state index is 0.0221. The van der Waals surface area contributed by atoms with Gasteiger partial charge in [0.1, 0.15) is 5.75 Å². The zero-order chi connectivity index (χ0) is 28.3. The molecule has 0 atom stereocenters. The first kappa shape index (κ1) is 27.6. The molecule has 3 aromatic rings. The van der Waals surface area contributed by atoms with E-state index in [9.17, 15) is 9.59 Å². The fourth-order valence-electron chi connectivity index (χ4n) is 5.56. The number of nitrogens with zero attached hydrogens (tertiary/aromatic N) is 3. The van der Waals surface area contributed by atoms with Crippen molar-refractivity contribution in [3.63, 3.8) is 0 Å². The molecule has 0 spiro atoms. The number of benzene rings is 3. The van der Waals surface area contributed by atoms with Crippen LogP contribution in [0.5, 0.6) is 5.75 Å². The van der Waals surface area contributed by atoms with Crippen molar-refractivity contribution >= 4 is 28.9 Å². The normalized spacial score (nSPS) is 15.8. The van der Waals surface area contributed by atoms with Crippen molar-refractivity contribution in [2.45, 2.75) is 39.0 Å². The van der Waals surface area contributed by atoms with E-state index in [0.717, 1.165) is 69.2 Å². The number of anilines is 3. The predicted octanol–water partition coefficient (Wildman–Crippen LogP) is 5.81. The maximum absolute atomic E-state index is 13.7. The van der Waals surface area contributed by atoms with Gasteiger partial charge in [0.25, 0.3) is 11.8 Å². The van der Waals surface area contributed by atoms with Crippen LogP contribution in [-0.2, 0) is 5.41 Å². The summed E-state index contributed by atoms with van der Waals surface area (Å²) >= 11 is 0. The molecule has 7 heteroatoms. The average molecular weight is 541 g/mol. The monoisotopic (exact) mass is 540 g/mol. The molecule has 2 aliphatic rings. The quantitative estimate of drug-likeness (QED) is 0.428. The van der Waals surface area contributed by atoms with Crippen LogP contribution in [-0.4, -0.2) is 63.1 Å². The summed E-state index contributed by atoms with van der Waals surface area (Å²) in [5.74, 6) is 0.720. The van der Waals surface area contributed by atoms with Gasteiger partial charge < -0.3 is 24.8 Å². The maximum Gasteiger partial charge on any atom is 0.256 e. The average Bonchev–Trinajstić information content (AvgIpc) is 3.52. The summed E-state index contributed by atoms with van der Waals surface area (Å²) in [6, 6.07) is 21.6. The van der Waals surface area contributed by atoms with E-state index in [4.69, 9.17) is 4.74 Å². The Kier molecular flexibility index (Phi) is 8.01. The molecule has 0 aliphatic carbocycles. The molecule has 3 aromatic carbocycles. The molecule has 0 aromatic heterocycles. The lowest BCUT2D eigenvalue weighted by Gasteiger charge is -2.38. The molecule has 5 rings (SSSR count). The van der Waals surface area contributed by atoms with Crippen LogP contribution in [0.15, 0.2) is 66.7 Å². The van der Waals surface area contributed by atoms with E-state index in [2.05, 4.69) is 42.0 Å². The van der Waals surface area contributed by atoms with E-state index >= 15 is 0 Å². The number of carbonyl (C=O) groups excluding carboxylic acids is 2. The van der Waals surface area contributed by atoms with Gasteiger partial charge in [-0.1, -0.05) is 45.0 Å². The number of hydrogen-bond donors (Lipinski definition) is 1. The number of hydrogen-bond acceptors (Lipinski definition) is 5. The fourth-order valence-corrected chi connectivity index (χ4v) is 5.56. The second kappa shape index (κ2) is 11.6. The molecule has 2 fully saturated rings. The first-order valence-electron chi connectivity index (χ1n) is 14.2. The Hall–Kier alpha value is -4.00. The summed E-state index contributed by atoms with van der Waals surface area (Å²) in [5.41, 5.74) is 5.08. The van der Waals surface area contributed by atoms with Crippen LogP contribution < -0.4 is 19.9 Å². The van der Waals surface area contributed by atoms with Crippen molar-refractivity contribution < 1.29 is 14.3 Å². The number of nitrogens with one attached hydrogen (secondary N) is 1. The van der Waals surface area contributed by atoms with E-state index in [0.29, 0.717) is 16.8 Å². The van der Waals surface area contributed by atoms with E-state index < -0.39 is 0 Å². The molecule has 2 amide bonds. The highest BCUT2D eigenvalue weighted by molar-refractivity contribution is 6.06. The molecule has 210 valence electrons. The first-order chi connectivity index (χ1) is 19.2.